The van der Waals surface area contributed by atoms with Crippen LogP contribution in [-0.2, 0) is 0 Å². The molecular formula is C10H18. The number of rotatable bonds is 1. The Morgan fingerprint density at radius 1 is 1.40 bits per heavy atom. The molecule has 0 saturated heterocycles. The van der Waals surface area contributed by atoms with Gasteiger partial charge in [0.05, 0.1) is 0 Å². The van der Waals surface area contributed by atoms with Crippen molar-refractivity contribution in [3.8, 4) is 0 Å². The molecule has 58 valence electrons. The Hall–Kier alpha value is -0.260. The summed E-state index contributed by atoms with van der Waals surface area (Å²) in [5, 5.41) is 0. The van der Waals surface area contributed by atoms with Crippen LogP contribution in [0.3, 0.4) is 0 Å². The second kappa shape index (κ2) is 2.77. The summed E-state index contributed by atoms with van der Waals surface area (Å²) in [6, 6.07) is 0. The smallest absolute Gasteiger partial charge is 0.0200 e. The highest BCUT2D eigenvalue weighted by Gasteiger charge is 2.23. The normalized spacial score (nSPS) is 33.1. The van der Waals surface area contributed by atoms with Crippen LogP contribution in [-0.4, -0.2) is 0 Å². The standard InChI is InChI=1S/C10H18/c1-7(2)10-6-5-8(3)9(10)4/h6-9H,5H2,1-4H3. The molecule has 0 nitrogen and oxygen atoms in total. The number of allylic oxidation sites excluding steroid dienone is 2. The van der Waals surface area contributed by atoms with Crippen LogP contribution < -0.4 is 0 Å². The van der Waals surface area contributed by atoms with Gasteiger partial charge >= 0.3 is 0 Å². The van der Waals surface area contributed by atoms with Gasteiger partial charge in [-0.25, -0.2) is 0 Å². The maximum atomic E-state index is 2.43. The molecule has 1 aliphatic carbocycles. The van der Waals surface area contributed by atoms with E-state index in [-0.39, 0.29) is 0 Å². The molecule has 0 heteroatoms. The lowest BCUT2D eigenvalue weighted by Crippen LogP contribution is -2.06. The van der Waals surface area contributed by atoms with Gasteiger partial charge in [-0.05, 0) is 24.2 Å². The molecule has 10 heavy (non-hydrogen) atoms. The van der Waals surface area contributed by atoms with E-state index in [4.69, 9.17) is 0 Å². The Balaban J connectivity index is 2.62. The Morgan fingerprint density at radius 3 is 2.20 bits per heavy atom. The summed E-state index contributed by atoms with van der Waals surface area (Å²) in [4.78, 5) is 0. The monoisotopic (exact) mass is 138 g/mol. The minimum absolute atomic E-state index is 0.764. The Labute approximate surface area is 64.3 Å². The van der Waals surface area contributed by atoms with Crippen LogP contribution in [0.25, 0.3) is 0 Å². The van der Waals surface area contributed by atoms with Crippen molar-refractivity contribution in [2.75, 3.05) is 0 Å². The zero-order valence-corrected chi connectivity index (χ0v) is 7.52. The van der Waals surface area contributed by atoms with E-state index in [1.165, 1.54) is 6.42 Å². The summed E-state index contributed by atoms with van der Waals surface area (Å²) >= 11 is 0. The van der Waals surface area contributed by atoms with Crippen molar-refractivity contribution in [2.24, 2.45) is 17.8 Å². The third-order valence-electron chi connectivity index (χ3n) is 2.77. The van der Waals surface area contributed by atoms with Crippen molar-refractivity contribution in [1.29, 1.82) is 0 Å². The molecule has 0 aromatic heterocycles. The van der Waals surface area contributed by atoms with Gasteiger partial charge in [-0.1, -0.05) is 39.3 Å². The SMILES string of the molecule is CC(C)C1=CCC(C)C1C. The predicted molar refractivity (Wildman–Crippen MR) is 45.9 cm³/mol. The molecule has 0 aromatic rings. The zero-order valence-electron chi connectivity index (χ0n) is 7.52. The maximum Gasteiger partial charge on any atom is -0.0200 e. The third-order valence-corrected chi connectivity index (χ3v) is 2.77. The van der Waals surface area contributed by atoms with E-state index >= 15 is 0 Å². The molecule has 0 heterocycles. The van der Waals surface area contributed by atoms with Gasteiger partial charge in [0.25, 0.3) is 0 Å². The highest BCUT2D eigenvalue weighted by atomic mass is 14.3. The second-order valence-corrected chi connectivity index (χ2v) is 3.86. The first-order valence-electron chi connectivity index (χ1n) is 4.33. The van der Waals surface area contributed by atoms with Crippen LogP contribution in [0.4, 0.5) is 0 Å². The quantitative estimate of drug-likeness (QED) is 0.488. The molecular weight excluding hydrogens is 120 g/mol. The zero-order chi connectivity index (χ0) is 7.72. The van der Waals surface area contributed by atoms with Gasteiger partial charge < -0.3 is 0 Å². The van der Waals surface area contributed by atoms with Crippen molar-refractivity contribution in [3.63, 3.8) is 0 Å². The molecule has 1 aliphatic rings. The van der Waals surface area contributed by atoms with Crippen molar-refractivity contribution in [1.82, 2.24) is 0 Å². The maximum absolute atomic E-state index is 2.43. The molecule has 0 saturated carbocycles. The Morgan fingerprint density at radius 2 is 2.00 bits per heavy atom. The van der Waals surface area contributed by atoms with Crippen LogP contribution in [0.5, 0.6) is 0 Å². The van der Waals surface area contributed by atoms with E-state index in [0.717, 1.165) is 17.8 Å². The fourth-order valence-electron chi connectivity index (χ4n) is 1.80. The molecule has 0 amide bonds. The highest BCUT2D eigenvalue weighted by molar-refractivity contribution is 5.15. The van der Waals surface area contributed by atoms with Crippen molar-refractivity contribution in [3.05, 3.63) is 11.6 Å². The molecule has 0 N–H and O–H groups in total. The second-order valence-electron chi connectivity index (χ2n) is 3.86. The molecule has 0 spiro atoms. The van der Waals surface area contributed by atoms with Gasteiger partial charge in [-0.2, -0.15) is 0 Å². The Kier molecular flexibility index (Phi) is 2.18. The van der Waals surface area contributed by atoms with Crippen LogP contribution in [0.1, 0.15) is 34.1 Å². The number of hydrogen-bond donors (Lipinski definition) is 0. The summed E-state index contributed by atoms with van der Waals surface area (Å²) in [6.45, 7) is 9.28. The van der Waals surface area contributed by atoms with Crippen LogP contribution in [0.2, 0.25) is 0 Å². The molecule has 0 aliphatic heterocycles. The van der Waals surface area contributed by atoms with Crippen LogP contribution in [0.15, 0.2) is 11.6 Å². The van der Waals surface area contributed by atoms with Crippen LogP contribution in [0, 0.1) is 17.8 Å². The first-order valence-corrected chi connectivity index (χ1v) is 4.33. The summed E-state index contributed by atoms with van der Waals surface area (Å²) < 4.78 is 0. The third kappa shape index (κ3) is 1.25. The summed E-state index contributed by atoms with van der Waals surface area (Å²) in [7, 11) is 0. The average molecular weight is 138 g/mol. The fraction of sp³-hybridized carbons (Fsp3) is 0.800. The first-order chi connectivity index (χ1) is 4.63. The van der Waals surface area contributed by atoms with Gasteiger partial charge in [0.1, 0.15) is 0 Å². The molecule has 1 rings (SSSR count). The largest absolute Gasteiger partial charge is 0.0845 e. The van der Waals surface area contributed by atoms with Gasteiger partial charge in [0, 0.05) is 0 Å². The minimum Gasteiger partial charge on any atom is -0.0845 e. The molecule has 0 fully saturated rings. The molecule has 0 aromatic carbocycles. The molecule has 0 bridgehead atoms. The average Bonchev–Trinajstić information content (AvgIpc) is 2.14. The summed E-state index contributed by atoms with van der Waals surface area (Å²) in [6.07, 6.45) is 3.73. The van der Waals surface area contributed by atoms with Crippen molar-refractivity contribution >= 4 is 0 Å². The molecule has 2 unspecified atom stereocenters. The van der Waals surface area contributed by atoms with E-state index in [0.29, 0.717) is 0 Å². The minimum atomic E-state index is 0.764. The van der Waals surface area contributed by atoms with Gasteiger partial charge in [0.15, 0.2) is 0 Å². The van der Waals surface area contributed by atoms with E-state index in [1.54, 1.807) is 5.57 Å². The van der Waals surface area contributed by atoms with E-state index in [1.807, 2.05) is 0 Å². The predicted octanol–water partition coefficient (Wildman–Crippen LogP) is 3.24. The topological polar surface area (TPSA) is 0 Å². The fourth-order valence-corrected chi connectivity index (χ4v) is 1.80. The first kappa shape index (κ1) is 7.84. The molecule has 0 radical (unpaired) electrons. The van der Waals surface area contributed by atoms with Crippen molar-refractivity contribution < 1.29 is 0 Å². The Bertz CT molecular complexity index is 142. The van der Waals surface area contributed by atoms with Gasteiger partial charge in [-0.15, -0.1) is 0 Å². The van der Waals surface area contributed by atoms with Gasteiger partial charge in [0.2, 0.25) is 0 Å². The summed E-state index contributed by atoms with van der Waals surface area (Å²) in [5.74, 6) is 2.48. The van der Waals surface area contributed by atoms with Crippen molar-refractivity contribution in [2.45, 2.75) is 34.1 Å². The summed E-state index contributed by atoms with van der Waals surface area (Å²) in [5.41, 5.74) is 1.67. The van der Waals surface area contributed by atoms with Crippen LogP contribution >= 0.6 is 0 Å². The van der Waals surface area contributed by atoms with E-state index in [2.05, 4.69) is 33.8 Å². The lowest BCUT2D eigenvalue weighted by Gasteiger charge is -2.16. The lowest BCUT2D eigenvalue weighted by molar-refractivity contribution is 0.455. The van der Waals surface area contributed by atoms with E-state index in [9.17, 15) is 0 Å². The number of hydrogen-bond acceptors (Lipinski definition) is 0. The van der Waals surface area contributed by atoms with Gasteiger partial charge in [-0.3, -0.25) is 0 Å². The molecule has 2 atom stereocenters. The van der Waals surface area contributed by atoms with E-state index < -0.39 is 0 Å². The highest BCUT2D eigenvalue weighted by Crippen LogP contribution is 2.34. The lowest BCUT2D eigenvalue weighted by atomic mass is 9.89.